The van der Waals surface area contributed by atoms with E-state index >= 15 is 0 Å². The molecule has 1 aliphatic rings. The number of rotatable bonds is 6. The molecule has 0 atom stereocenters. The molecule has 160 valence electrons. The van der Waals surface area contributed by atoms with Crippen molar-refractivity contribution in [3.05, 3.63) is 59.9 Å². The Labute approximate surface area is 173 Å². The topological polar surface area (TPSA) is 67.7 Å². The molecule has 0 saturated carbocycles. The van der Waals surface area contributed by atoms with E-state index in [1.54, 1.807) is 6.92 Å². The lowest BCUT2D eigenvalue weighted by molar-refractivity contribution is -0.0517. The van der Waals surface area contributed by atoms with Crippen LogP contribution in [0.25, 0.3) is 10.9 Å². The van der Waals surface area contributed by atoms with Crippen molar-refractivity contribution >= 4 is 21.1 Å². The molecule has 0 aliphatic carbocycles. The van der Waals surface area contributed by atoms with Gasteiger partial charge in [-0.2, -0.15) is 21.5 Å². The molecule has 1 aliphatic heterocycles. The minimum Gasteiger partial charge on any atom is -0.416 e. The van der Waals surface area contributed by atoms with Crippen LogP contribution in [0.1, 0.15) is 11.1 Å². The van der Waals surface area contributed by atoms with Crippen LogP contribution in [-0.2, 0) is 16.8 Å². The molecule has 7 nitrogen and oxygen atoms in total. The Morgan fingerprint density at radius 2 is 1.80 bits per heavy atom. The van der Waals surface area contributed by atoms with Gasteiger partial charge in [0.25, 0.3) is 0 Å². The predicted octanol–water partition coefficient (Wildman–Crippen LogP) is 2.86. The summed E-state index contributed by atoms with van der Waals surface area (Å²) in [6, 6.07) is 11.5. The molecule has 0 radical (unpaired) electrons. The number of ether oxygens (including phenoxy) is 1. The highest BCUT2D eigenvalue weighted by Crippen LogP contribution is 2.30. The number of halogens is 2. The van der Waals surface area contributed by atoms with Crippen molar-refractivity contribution in [2.75, 3.05) is 26.2 Å². The van der Waals surface area contributed by atoms with Crippen LogP contribution in [0.3, 0.4) is 0 Å². The number of aromatic nitrogens is 2. The lowest BCUT2D eigenvalue weighted by Crippen LogP contribution is -2.49. The highest BCUT2D eigenvalue weighted by Gasteiger charge is 2.30. The molecule has 1 fully saturated rings. The Morgan fingerprint density at radius 3 is 2.47 bits per heavy atom. The highest BCUT2D eigenvalue weighted by molar-refractivity contribution is 7.87. The molecule has 0 amide bonds. The van der Waals surface area contributed by atoms with Crippen LogP contribution in [0.15, 0.2) is 48.8 Å². The van der Waals surface area contributed by atoms with E-state index < -0.39 is 16.8 Å². The van der Waals surface area contributed by atoms with Gasteiger partial charge in [0.1, 0.15) is 0 Å². The number of pyridine rings is 1. The number of hydrogen-bond acceptors (Lipinski definition) is 5. The molecule has 3 heterocycles. The molecule has 2 aromatic heterocycles. The number of piperazine rings is 1. The summed E-state index contributed by atoms with van der Waals surface area (Å²) >= 11 is 0. The lowest BCUT2D eigenvalue weighted by Gasteiger charge is -2.34. The second kappa shape index (κ2) is 8.29. The zero-order valence-electron chi connectivity index (χ0n) is 16.4. The Bertz CT molecular complexity index is 1130. The third-order valence-corrected chi connectivity index (χ3v) is 7.01. The molecule has 1 saturated heterocycles. The summed E-state index contributed by atoms with van der Waals surface area (Å²) < 4.78 is 58.9. The number of fused-ring (bicyclic) bond motifs is 1. The first-order valence-electron chi connectivity index (χ1n) is 9.54. The van der Waals surface area contributed by atoms with Gasteiger partial charge in [0.15, 0.2) is 0 Å². The average molecular weight is 436 g/mol. The summed E-state index contributed by atoms with van der Waals surface area (Å²) in [5, 5.41) is 0.238. The van der Waals surface area contributed by atoms with Gasteiger partial charge >= 0.3 is 16.8 Å². The van der Waals surface area contributed by atoms with Crippen molar-refractivity contribution in [3.8, 4) is 5.88 Å². The van der Waals surface area contributed by atoms with Crippen molar-refractivity contribution in [1.29, 1.82) is 0 Å². The van der Waals surface area contributed by atoms with E-state index in [-0.39, 0.29) is 11.3 Å². The SMILES string of the molecule is Cc1cnc(OC(F)F)c2ccn(S(=O)(=O)N3CCN(Cc4ccccc4)CC3)c12. The van der Waals surface area contributed by atoms with Gasteiger partial charge in [-0.1, -0.05) is 30.3 Å². The van der Waals surface area contributed by atoms with Gasteiger partial charge in [-0.05, 0) is 24.1 Å². The molecule has 0 unspecified atom stereocenters. The fourth-order valence-corrected chi connectivity index (χ4v) is 5.28. The van der Waals surface area contributed by atoms with Crippen molar-refractivity contribution in [1.82, 2.24) is 18.2 Å². The van der Waals surface area contributed by atoms with Crippen molar-refractivity contribution in [2.24, 2.45) is 0 Å². The molecule has 0 N–H and O–H groups in total. The molecular weight excluding hydrogens is 414 g/mol. The largest absolute Gasteiger partial charge is 0.416 e. The van der Waals surface area contributed by atoms with Gasteiger partial charge < -0.3 is 4.74 Å². The van der Waals surface area contributed by atoms with Gasteiger partial charge in [0, 0.05) is 45.1 Å². The van der Waals surface area contributed by atoms with Gasteiger partial charge in [0.2, 0.25) is 5.88 Å². The first kappa shape index (κ1) is 20.7. The molecule has 0 bridgehead atoms. The minimum atomic E-state index is -3.86. The van der Waals surface area contributed by atoms with Crippen LogP contribution in [-0.4, -0.2) is 59.4 Å². The third kappa shape index (κ3) is 4.03. The number of benzene rings is 1. The number of nitrogens with zero attached hydrogens (tertiary/aromatic N) is 4. The van der Waals surface area contributed by atoms with Crippen molar-refractivity contribution < 1.29 is 21.9 Å². The van der Waals surface area contributed by atoms with Crippen LogP contribution in [0, 0.1) is 6.92 Å². The van der Waals surface area contributed by atoms with Crippen LogP contribution in [0.4, 0.5) is 8.78 Å². The fourth-order valence-electron chi connectivity index (χ4n) is 3.71. The van der Waals surface area contributed by atoms with Crippen molar-refractivity contribution in [2.45, 2.75) is 20.1 Å². The van der Waals surface area contributed by atoms with Gasteiger partial charge in [-0.25, -0.2) is 8.96 Å². The Kier molecular flexibility index (Phi) is 5.72. The van der Waals surface area contributed by atoms with Crippen LogP contribution in [0.5, 0.6) is 5.88 Å². The zero-order chi connectivity index (χ0) is 21.3. The number of alkyl halides is 2. The maximum atomic E-state index is 13.3. The van der Waals surface area contributed by atoms with Gasteiger partial charge in [-0.15, -0.1) is 0 Å². The second-order valence-corrected chi connectivity index (χ2v) is 8.97. The van der Waals surface area contributed by atoms with E-state index in [4.69, 9.17) is 0 Å². The van der Waals surface area contributed by atoms with Gasteiger partial charge in [0.05, 0.1) is 10.9 Å². The molecule has 4 rings (SSSR count). The molecule has 30 heavy (non-hydrogen) atoms. The standard InChI is InChI=1S/C20H22F2N4O3S/c1-15-13-23-19(29-20(21)22)17-7-8-26(18(15)17)30(27,28)25-11-9-24(10-12-25)14-16-5-3-2-4-6-16/h2-8,13,20H,9-12,14H2,1H3. The Balaban J connectivity index is 1.55. The summed E-state index contributed by atoms with van der Waals surface area (Å²) in [6.07, 6.45) is 2.70. The second-order valence-electron chi connectivity index (χ2n) is 7.17. The van der Waals surface area contributed by atoms with Crippen LogP contribution >= 0.6 is 0 Å². The lowest BCUT2D eigenvalue weighted by atomic mass is 10.2. The summed E-state index contributed by atoms with van der Waals surface area (Å²) in [7, 11) is -3.86. The number of hydrogen-bond donors (Lipinski definition) is 0. The predicted molar refractivity (Wildman–Crippen MR) is 109 cm³/mol. The maximum absolute atomic E-state index is 13.3. The summed E-state index contributed by atoms with van der Waals surface area (Å²) in [6.45, 7) is 1.31. The van der Waals surface area contributed by atoms with Crippen LogP contribution < -0.4 is 4.74 Å². The monoisotopic (exact) mass is 436 g/mol. The molecular formula is C20H22F2N4O3S. The Hall–Kier alpha value is -2.56. The van der Waals surface area contributed by atoms with Crippen molar-refractivity contribution in [3.63, 3.8) is 0 Å². The summed E-state index contributed by atoms with van der Waals surface area (Å²) in [4.78, 5) is 6.08. The fraction of sp³-hybridized carbons (Fsp3) is 0.350. The first-order valence-corrected chi connectivity index (χ1v) is 10.9. The Morgan fingerprint density at radius 1 is 1.10 bits per heavy atom. The minimum absolute atomic E-state index is 0.238. The smallest absolute Gasteiger partial charge is 0.388 e. The molecule has 0 spiro atoms. The van der Waals surface area contributed by atoms with E-state index in [0.29, 0.717) is 37.3 Å². The average Bonchev–Trinajstić information content (AvgIpc) is 3.18. The zero-order valence-corrected chi connectivity index (χ0v) is 17.2. The third-order valence-electron chi connectivity index (χ3n) is 5.19. The van der Waals surface area contributed by atoms with E-state index in [1.165, 1.54) is 28.3 Å². The van der Waals surface area contributed by atoms with Gasteiger partial charge in [-0.3, -0.25) is 4.90 Å². The van der Waals surface area contributed by atoms with E-state index in [1.807, 2.05) is 30.3 Å². The quantitative estimate of drug-likeness (QED) is 0.595. The van der Waals surface area contributed by atoms with E-state index in [2.05, 4.69) is 14.6 Å². The summed E-state index contributed by atoms with van der Waals surface area (Å²) in [5.41, 5.74) is 2.04. The maximum Gasteiger partial charge on any atom is 0.388 e. The van der Waals surface area contributed by atoms with Crippen LogP contribution in [0.2, 0.25) is 0 Å². The summed E-state index contributed by atoms with van der Waals surface area (Å²) in [5.74, 6) is -0.285. The molecule has 10 heteroatoms. The molecule has 3 aromatic rings. The van der Waals surface area contributed by atoms with E-state index in [9.17, 15) is 17.2 Å². The highest BCUT2D eigenvalue weighted by atomic mass is 32.2. The number of aryl methyl sites for hydroxylation is 1. The van der Waals surface area contributed by atoms with E-state index in [0.717, 1.165) is 10.5 Å². The first-order chi connectivity index (χ1) is 14.4. The molecule has 1 aromatic carbocycles. The normalized spacial score (nSPS) is 16.4.